The Bertz CT molecular complexity index is 265. The first kappa shape index (κ1) is 17.5. The number of aliphatic hydroxyl groups is 1. The lowest BCUT2D eigenvalue weighted by atomic mass is 9.77. The number of carboxylic acid groups (broad SMARTS) is 1. The molecule has 2 N–H and O–H groups in total. The molecule has 1 aliphatic rings. The molecule has 3 nitrogen and oxygen atoms in total. The highest BCUT2D eigenvalue weighted by Crippen LogP contribution is 2.33. The zero-order valence-corrected chi connectivity index (χ0v) is 13.1. The maximum atomic E-state index is 11.5. The van der Waals surface area contributed by atoms with Crippen LogP contribution in [0.1, 0.15) is 90.4 Å². The molecule has 118 valence electrons. The minimum absolute atomic E-state index is 0.0700. The van der Waals surface area contributed by atoms with Crippen molar-refractivity contribution in [3.63, 3.8) is 0 Å². The third-order valence-electron chi connectivity index (χ3n) is 4.78. The summed E-state index contributed by atoms with van der Waals surface area (Å²) < 4.78 is 0. The molecule has 0 spiro atoms. The van der Waals surface area contributed by atoms with Gasteiger partial charge in [0.25, 0.3) is 0 Å². The van der Waals surface area contributed by atoms with E-state index >= 15 is 0 Å². The summed E-state index contributed by atoms with van der Waals surface area (Å²) in [4.78, 5) is 11.5. The van der Waals surface area contributed by atoms with Crippen LogP contribution in [-0.4, -0.2) is 21.8 Å². The Kier molecular flexibility index (Phi) is 8.20. The Labute approximate surface area is 123 Å². The highest BCUT2D eigenvalue weighted by molar-refractivity contribution is 5.77. The molecule has 0 radical (unpaired) electrons. The van der Waals surface area contributed by atoms with Gasteiger partial charge in [0.1, 0.15) is 0 Å². The molecule has 0 bridgehead atoms. The molecule has 0 aromatic heterocycles. The average molecular weight is 284 g/mol. The summed E-state index contributed by atoms with van der Waals surface area (Å²) in [6, 6.07) is 0. The molecule has 0 saturated heterocycles. The Morgan fingerprint density at radius 3 is 1.70 bits per heavy atom. The summed E-state index contributed by atoms with van der Waals surface area (Å²) in [6.07, 6.45) is 13.8. The lowest BCUT2D eigenvalue weighted by molar-refractivity contribution is -0.167. The fraction of sp³-hybridized carbons (Fsp3) is 0.941. The van der Waals surface area contributed by atoms with Crippen molar-refractivity contribution in [2.24, 2.45) is 5.92 Å². The van der Waals surface area contributed by atoms with Crippen LogP contribution in [0.4, 0.5) is 0 Å². The Balaban J connectivity index is 2.66. The normalized spacial score (nSPS) is 23.3. The van der Waals surface area contributed by atoms with Gasteiger partial charge in [-0.25, -0.2) is 4.79 Å². The Morgan fingerprint density at radius 2 is 1.35 bits per heavy atom. The Morgan fingerprint density at radius 1 is 0.950 bits per heavy atom. The average Bonchev–Trinajstić information content (AvgIpc) is 2.39. The summed E-state index contributed by atoms with van der Waals surface area (Å²) in [5, 5.41) is 20.1. The van der Waals surface area contributed by atoms with Gasteiger partial charge < -0.3 is 10.2 Å². The largest absolute Gasteiger partial charge is 0.479 e. The van der Waals surface area contributed by atoms with Gasteiger partial charge >= 0.3 is 5.97 Å². The van der Waals surface area contributed by atoms with E-state index in [1.165, 1.54) is 44.9 Å². The number of carboxylic acids is 1. The van der Waals surface area contributed by atoms with Crippen molar-refractivity contribution in [1.82, 2.24) is 0 Å². The summed E-state index contributed by atoms with van der Waals surface area (Å²) >= 11 is 0. The van der Waals surface area contributed by atoms with Crippen LogP contribution in [-0.2, 0) is 4.79 Å². The van der Waals surface area contributed by atoms with Crippen LogP contribution in [0.25, 0.3) is 0 Å². The van der Waals surface area contributed by atoms with Crippen LogP contribution in [0.2, 0.25) is 0 Å². The predicted molar refractivity (Wildman–Crippen MR) is 81.8 cm³/mol. The van der Waals surface area contributed by atoms with Crippen molar-refractivity contribution < 1.29 is 15.0 Å². The summed E-state index contributed by atoms with van der Waals surface area (Å²) in [6.45, 7) is 1.95. The molecular formula is C17H32O3. The van der Waals surface area contributed by atoms with Crippen LogP contribution < -0.4 is 0 Å². The first-order valence-electron chi connectivity index (χ1n) is 8.57. The zero-order chi connectivity index (χ0) is 14.8. The Hall–Kier alpha value is -0.570. The van der Waals surface area contributed by atoms with E-state index in [1.807, 2.05) is 6.92 Å². The second-order valence-corrected chi connectivity index (χ2v) is 6.44. The molecule has 0 aromatic rings. The van der Waals surface area contributed by atoms with Crippen LogP contribution in [0, 0.1) is 5.92 Å². The van der Waals surface area contributed by atoms with Crippen LogP contribution >= 0.6 is 0 Å². The van der Waals surface area contributed by atoms with E-state index in [2.05, 4.69) is 0 Å². The van der Waals surface area contributed by atoms with Gasteiger partial charge in [-0.3, -0.25) is 0 Å². The standard InChI is InChI=1S/C17H32O3/c1-2-14-17(20,16(18)19)15-12-10-8-6-4-3-5-7-9-11-13-15/h15,20H,2-14H2,1H3,(H,18,19). The molecule has 1 saturated carbocycles. The predicted octanol–water partition coefficient (Wildman–Crippen LogP) is 4.52. The van der Waals surface area contributed by atoms with Gasteiger partial charge in [-0.15, -0.1) is 0 Å². The maximum absolute atomic E-state index is 11.5. The third-order valence-corrected chi connectivity index (χ3v) is 4.78. The lowest BCUT2D eigenvalue weighted by Crippen LogP contribution is -2.46. The molecular weight excluding hydrogens is 252 g/mol. The first-order valence-corrected chi connectivity index (χ1v) is 8.57. The minimum Gasteiger partial charge on any atom is -0.479 e. The number of hydrogen-bond acceptors (Lipinski definition) is 2. The van der Waals surface area contributed by atoms with E-state index in [-0.39, 0.29) is 5.92 Å². The lowest BCUT2D eigenvalue weighted by Gasteiger charge is -2.33. The molecule has 1 rings (SSSR count). The molecule has 0 aromatic carbocycles. The third kappa shape index (κ3) is 5.43. The van der Waals surface area contributed by atoms with Crippen molar-refractivity contribution in [3.8, 4) is 0 Å². The molecule has 0 aliphatic heterocycles. The fourth-order valence-electron chi connectivity index (χ4n) is 3.51. The SMILES string of the molecule is CCCC(O)(C(=O)O)C1CCCCCCCCCCC1. The number of hydrogen-bond donors (Lipinski definition) is 2. The van der Waals surface area contributed by atoms with Crippen molar-refractivity contribution in [2.45, 2.75) is 96.0 Å². The molecule has 0 amide bonds. The molecule has 20 heavy (non-hydrogen) atoms. The smallest absolute Gasteiger partial charge is 0.335 e. The highest BCUT2D eigenvalue weighted by atomic mass is 16.4. The van der Waals surface area contributed by atoms with Crippen LogP contribution in [0.15, 0.2) is 0 Å². The molecule has 3 heteroatoms. The number of aliphatic carboxylic acids is 1. The zero-order valence-electron chi connectivity index (χ0n) is 13.1. The minimum atomic E-state index is -1.50. The maximum Gasteiger partial charge on any atom is 0.335 e. The van der Waals surface area contributed by atoms with Gasteiger partial charge in [0, 0.05) is 0 Å². The second-order valence-electron chi connectivity index (χ2n) is 6.44. The monoisotopic (exact) mass is 284 g/mol. The van der Waals surface area contributed by atoms with Gasteiger partial charge in [-0.1, -0.05) is 71.1 Å². The van der Waals surface area contributed by atoms with Gasteiger partial charge in [-0.2, -0.15) is 0 Å². The van der Waals surface area contributed by atoms with E-state index in [0.717, 1.165) is 32.1 Å². The second kappa shape index (κ2) is 9.38. The summed E-state index contributed by atoms with van der Waals surface area (Å²) in [5.74, 6) is -1.09. The van der Waals surface area contributed by atoms with Gasteiger partial charge in [-0.05, 0) is 25.2 Å². The van der Waals surface area contributed by atoms with Crippen LogP contribution in [0.5, 0.6) is 0 Å². The van der Waals surface area contributed by atoms with Gasteiger partial charge in [0.2, 0.25) is 0 Å². The molecule has 1 unspecified atom stereocenters. The van der Waals surface area contributed by atoms with Gasteiger partial charge in [0.05, 0.1) is 0 Å². The highest BCUT2D eigenvalue weighted by Gasteiger charge is 2.42. The van der Waals surface area contributed by atoms with E-state index in [4.69, 9.17) is 0 Å². The number of carbonyl (C=O) groups is 1. The van der Waals surface area contributed by atoms with E-state index in [1.54, 1.807) is 0 Å². The quantitative estimate of drug-likeness (QED) is 0.797. The van der Waals surface area contributed by atoms with E-state index in [0.29, 0.717) is 6.42 Å². The van der Waals surface area contributed by atoms with Crippen molar-refractivity contribution in [2.75, 3.05) is 0 Å². The first-order chi connectivity index (χ1) is 9.61. The molecule has 1 aliphatic carbocycles. The van der Waals surface area contributed by atoms with Crippen molar-refractivity contribution in [3.05, 3.63) is 0 Å². The number of rotatable bonds is 4. The topological polar surface area (TPSA) is 57.5 Å². The van der Waals surface area contributed by atoms with Crippen molar-refractivity contribution >= 4 is 5.97 Å². The molecule has 0 heterocycles. The summed E-state index contributed by atoms with van der Waals surface area (Å²) in [7, 11) is 0. The summed E-state index contributed by atoms with van der Waals surface area (Å²) in [5.41, 5.74) is -1.50. The fourth-order valence-corrected chi connectivity index (χ4v) is 3.51. The van der Waals surface area contributed by atoms with Gasteiger partial charge in [0.15, 0.2) is 5.60 Å². The molecule has 1 fully saturated rings. The van der Waals surface area contributed by atoms with Crippen molar-refractivity contribution in [1.29, 1.82) is 0 Å². The van der Waals surface area contributed by atoms with E-state index in [9.17, 15) is 15.0 Å². The molecule has 1 atom stereocenters. The van der Waals surface area contributed by atoms with E-state index < -0.39 is 11.6 Å². The van der Waals surface area contributed by atoms with Crippen LogP contribution in [0.3, 0.4) is 0 Å².